The van der Waals surface area contributed by atoms with Crippen molar-refractivity contribution in [3.63, 3.8) is 0 Å². The van der Waals surface area contributed by atoms with E-state index in [0.29, 0.717) is 5.56 Å². The molecular formula is C14H17FO2. The number of carbonyl (C=O) groups is 1. The smallest absolute Gasteiger partial charge is 0.350 e. The van der Waals surface area contributed by atoms with Gasteiger partial charge in [-0.25, -0.2) is 9.18 Å². The summed E-state index contributed by atoms with van der Waals surface area (Å²) in [5, 5.41) is 0. The second kappa shape index (κ2) is 6.18. The monoisotopic (exact) mass is 236 g/mol. The number of hydrogen-bond acceptors (Lipinski definition) is 2. The van der Waals surface area contributed by atoms with E-state index in [2.05, 4.69) is 4.74 Å². The van der Waals surface area contributed by atoms with Gasteiger partial charge >= 0.3 is 5.97 Å². The molecule has 0 unspecified atom stereocenters. The summed E-state index contributed by atoms with van der Waals surface area (Å²) >= 11 is 0. The fraction of sp³-hybridized carbons (Fsp3) is 0.357. The van der Waals surface area contributed by atoms with Gasteiger partial charge in [0.05, 0.1) is 6.26 Å². The molecule has 1 aromatic rings. The first-order valence-electron chi connectivity index (χ1n) is 5.65. The topological polar surface area (TPSA) is 26.3 Å². The van der Waals surface area contributed by atoms with Crippen molar-refractivity contribution < 1.29 is 13.9 Å². The highest BCUT2D eigenvalue weighted by Gasteiger charge is 2.22. The lowest BCUT2D eigenvalue weighted by molar-refractivity contribution is -0.144. The highest BCUT2D eigenvalue weighted by Crippen LogP contribution is 2.24. The minimum absolute atomic E-state index is 0.372. The minimum atomic E-state index is -1.72. The molecule has 1 rings (SSSR count). The Balaban J connectivity index is 2.88. The Morgan fingerprint density at radius 2 is 2.24 bits per heavy atom. The number of aryl methyl sites for hydroxylation is 2. The maximum Gasteiger partial charge on any atom is 0.350 e. The van der Waals surface area contributed by atoms with Crippen molar-refractivity contribution in [1.29, 1.82) is 0 Å². The summed E-state index contributed by atoms with van der Waals surface area (Å²) in [6.45, 7) is 5.52. The van der Waals surface area contributed by atoms with Gasteiger partial charge < -0.3 is 4.74 Å². The molecule has 3 heteroatoms. The summed E-state index contributed by atoms with van der Waals surface area (Å²) in [5.41, 5.74) is 2.27. The Hall–Kier alpha value is -1.64. The van der Waals surface area contributed by atoms with Gasteiger partial charge in [-0.05, 0) is 31.4 Å². The Kier molecular flexibility index (Phi) is 4.88. The molecule has 0 saturated carbocycles. The molecule has 0 aliphatic heterocycles. The fourth-order valence-electron chi connectivity index (χ4n) is 1.56. The molecule has 0 radical (unpaired) electrons. The second-order valence-electron chi connectivity index (χ2n) is 3.81. The van der Waals surface area contributed by atoms with Gasteiger partial charge in [0.25, 0.3) is 0 Å². The minimum Gasteiger partial charge on any atom is -0.432 e. The molecular weight excluding hydrogens is 219 g/mol. The van der Waals surface area contributed by atoms with Gasteiger partial charge in [-0.3, -0.25) is 0 Å². The van der Waals surface area contributed by atoms with Gasteiger partial charge in [0.15, 0.2) is 0 Å². The summed E-state index contributed by atoms with van der Waals surface area (Å²) < 4.78 is 18.5. The van der Waals surface area contributed by atoms with Crippen LogP contribution in [0.1, 0.15) is 36.7 Å². The lowest BCUT2D eigenvalue weighted by Crippen LogP contribution is -2.10. The van der Waals surface area contributed by atoms with Crippen molar-refractivity contribution in [1.82, 2.24) is 0 Å². The van der Waals surface area contributed by atoms with Gasteiger partial charge in [0, 0.05) is 5.56 Å². The molecule has 0 aliphatic carbocycles. The molecule has 92 valence electrons. The van der Waals surface area contributed by atoms with Crippen molar-refractivity contribution in [2.24, 2.45) is 0 Å². The van der Waals surface area contributed by atoms with Crippen LogP contribution in [0.25, 0.3) is 0 Å². The van der Waals surface area contributed by atoms with Crippen LogP contribution in [0.5, 0.6) is 0 Å². The van der Waals surface area contributed by atoms with Crippen molar-refractivity contribution >= 4 is 5.97 Å². The summed E-state index contributed by atoms with van der Waals surface area (Å²) in [4.78, 5) is 11.4. The lowest BCUT2D eigenvalue weighted by Gasteiger charge is -2.10. The number of hydrogen-bond donors (Lipinski definition) is 0. The number of halogens is 1. The molecule has 0 aromatic heterocycles. The zero-order chi connectivity index (χ0) is 12.8. The van der Waals surface area contributed by atoms with E-state index in [-0.39, 0.29) is 0 Å². The number of alkyl halides is 1. The van der Waals surface area contributed by atoms with Crippen LogP contribution in [0, 0.1) is 6.92 Å². The first kappa shape index (κ1) is 13.4. The molecule has 0 bridgehead atoms. The standard InChI is InChI=1S/C14H17FO2/c1-4-8-17-14(16)13(15)12-7-6-11(5-2)9-10(12)3/h4,6-9,13H,5H2,1-3H3/b8-4+/t13-/m1/s1. The van der Waals surface area contributed by atoms with Crippen LogP contribution in [-0.2, 0) is 16.0 Å². The lowest BCUT2D eigenvalue weighted by atomic mass is 10.0. The third-order valence-electron chi connectivity index (χ3n) is 2.54. The Bertz CT molecular complexity index is 424. The van der Waals surface area contributed by atoms with E-state index in [1.807, 2.05) is 19.1 Å². The summed E-state index contributed by atoms with van der Waals surface area (Å²) in [6.07, 6.45) is 1.89. The maximum absolute atomic E-state index is 13.8. The van der Waals surface area contributed by atoms with E-state index in [9.17, 15) is 9.18 Å². The van der Waals surface area contributed by atoms with Crippen LogP contribution in [0.3, 0.4) is 0 Å². The average Bonchev–Trinajstić information content (AvgIpc) is 2.34. The van der Waals surface area contributed by atoms with Crippen LogP contribution in [0.15, 0.2) is 30.5 Å². The molecule has 2 nitrogen and oxygen atoms in total. The zero-order valence-corrected chi connectivity index (χ0v) is 10.4. The molecule has 0 spiro atoms. The molecule has 0 saturated heterocycles. The van der Waals surface area contributed by atoms with Crippen LogP contribution in [-0.4, -0.2) is 5.97 Å². The second-order valence-corrected chi connectivity index (χ2v) is 3.81. The van der Waals surface area contributed by atoms with E-state index in [1.165, 1.54) is 12.3 Å². The van der Waals surface area contributed by atoms with Crippen molar-refractivity contribution in [3.05, 3.63) is 47.2 Å². The third-order valence-corrected chi connectivity index (χ3v) is 2.54. The van der Waals surface area contributed by atoms with E-state index in [4.69, 9.17) is 0 Å². The summed E-state index contributed by atoms with van der Waals surface area (Å²) in [6, 6.07) is 5.37. The SMILES string of the molecule is C/C=C/OC(=O)[C@H](F)c1ccc(CC)cc1C. The predicted molar refractivity (Wildman–Crippen MR) is 65.3 cm³/mol. The summed E-state index contributed by atoms with van der Waals surface area (Å²) in [5.74, 6) is -0.879. The molecule has 0 heterocycles. The maximum atomic E-state index is 13.8. The van der Waals surface area contributed by atoms with Crippen molar-refractivity contribution in [2.75, 3.05) is 0 Å². The number of carbonyl (C=O) groups excluding carboxylic acids is 1. The first-order chi connectivity index (χ1) is 8.10. The summed E-state index contributed by atoms with van der Waals surface area (Å²) in [7, 11) is 0. The van der Waals surface area contributed by atoms with E-state index in [1.54, 1.807) is 19.9 Å². The van der Waals surface area contributed by atoms with Gasteiger partial charge in [0.1, 0.15) is 0 Å². The Morgan fingerprint density at radius 3 is 2.76 bits per heavy atom. The number of rotatable bonds is 4. The fourth-order valence-corrected chi connectivity index (χ4v) is 1.56. The largest absolute Gasteiger partial charge is 0.432 e. The van der Waals surface area contributed by atoms with Crippen molar-refractivity contribution in [3.8, 4) is 0 Å². The quantitative estimate of drug-likeness (QED) is 0.589. The first-order valence-corrected chi connectivity index (χ1v) is 5.65. The molecule has 0 amide bonds. The third kappa shape index (κ3) is 3.41. The average molecular weight is 236 g/mol. The number of ether oxygens (including phenoxy) is 1. The van der Waals surface area contributed by atoms with Gasteiger partial charge in [-0.15, -0.1) is 0 Å². The van der Waals surface area contributed by atoms with Crippen LogP contribution >= 0.6 is 0 Å². The van der Waals surface area contributed by atoms with Gasteiger partial charge in [-0.1, -0.05) is 31.2 Å². The van der Waals surface area contributed by atoms with E-state index in [0.717, 1.165) is 17.5 Å². The number of benzene rings is 1. The van der Waals surface area contributed by atoms with Crippen molar-refractivity contribution in [2.45, 2.75) is 33.4 Å². The number of esters is 1. The molecule has 1 aromatic carbocycles. The Labute approximate surface area is 101 Å². The molecule has 0 N–H and O–H groups in total. The van der Waals surface area contributed by atoms with Crippen LogP contribution in [0.2, 0.25) is 0 Å². The normalized spacial score (nSPS) is 12.7. The highest BCUT2D eigenvalue weighted by molar-refractivity contribution is 5.77. The van der Waals surface area contributed by atoms with Gasteiger partial charge in [0.2, 0.25) is 6.17 Å². The molecule has 0 fully saturated rings. The van der Waals surface area contributed by atoms with E-state index >= 15 is 0 Å². The molecule has 1 atom stereocenters. The van der Waals surface area contributed by atoms with Crippen LogP contribution < -0.4 is 0 Å². The Morgan fingerprint density at radius 1 is 1.53 bits per heavy atom. The number of allylic oxidation sites excluding steroid dienone is 1. The predicted octanol–water partition coefficient (Wildman–Crippen LogP) is 3.64. The van der Waals surface area contributed by atoms with E-state index < -0.39 is 12.1 Å². The zero-order valence-electron chi connectivity index (χ0n) is 10.4. The van der Waals surface area contributed by atoms with Gasteiger partial charge in [-0.2, -0.15) is 0 Å². The molecule has 0 aliphatic rings. The van der Waals surface area contributed by atoms with Crippen LogP contribution in [0.4, 0.5) is 4.39 Å². The highest BCUT2D eigenvalue weighted by atomic mass is 19.1. The molecule has 17 heavy (non-hydrogen) atoms.